The van der Waals surface area contributed by atoms with E-state index in [1.165, 1.54) is 5.56 Å². The molecule has 2 aromatic rings. The van der Waals surface area contributed by atoms with E-state index in [-0.39, 0.29) is 11.8 Å². The fraction of sp³-hybridized carbons (Fsp3) is 0.294. The lowest BCUT2D eigenvalue weighted by Crippen LogP contribution is -2.25. The van der Waals surface area contributed by atoms with Gasteiger partial charge in [0.05, 0.1) is 11.6 Å². The highest BCUT2D eigenvalue weighted by Gasteiger charge is 2.26. The number of carbonyl (C=O) groups excluding carboxylic acids is 1. The molecule has 1 atom stereocenters. The summed E-state index contributed by atoms with van der Waals surface area (Å²) in [6, 6.07) is 12.0. The monoisotopic (exact) mass is 344 g/mol. The number of pyridine rings is 1. The Bertz CT molecular complexity index is 684. The maximum Gasteiger partial charge on any atom is 0.233 e. The van der Waals surface area contributed by atoms with Crippen LogP contribution in [0.3, 0.4) is 0 Å². The first-order valence-electron chi connectivity index (χ1n) is 7.17. The number of hydrogen-bond acceptors (Lipinski definition) is 2. The van der Waals surface area contributed by atoms with Crippen molar-refractivity contribution in [3.8, 4) is 0 Å². The molecule has 1 heterocycles. The second-order valence-corrected chi connectivity index (χ2v) is 6.25. The highest BCUT2D eigenvalue weighted by atomic mass is 79.9. The molecule has 0 bridgehead atoms. The SMILES string of the molecule is Cc1nc(NC(=O)C2CCCc3ccccc32)ccc1Br. The van der Waals surface area contributed by atoms with Crippen molar-refractivity contribution in [1.82, 2.24) is 4.98 Å². The normalized spacial score (nSPS) is 17.1. The zero-order valence-electron chi connectivity index (χ0n) is 11.9. The lowest BCUT2D eigenvalue weighted by molar-refractivity contribution is -0.117. The summed E-state index contributed by atoms with van der Waals surface area (Å²) in [5, 5.41) is 2.95. The van der Waals surface area contributed by atoms with Gasteiger partial charge in [0.25, 0.3) is 0 Å². The van der Waals surface area contributed by atoms with Gasteiger partial charge in [-0.1, -0.05) is 24.3 Å². The third-order valence-electron chi connectivity index (χ3n) is 3.96. The number of rotatable bonds is 2. The van der Waals surface area contributed by atoms with Gasteiger partial charge < -0.3 is 5.32 Å². The molecule has 0 saturated heterocycles. The molecule has 0 aliphatic heterocycles. The van der Waals surface area contributed by atoms with Crippen molar-refractivity contribution in [2.45, 2.75) is 32.1 Å². The molecule has 108 valence electrons. The van der Waals surface area contributed by atoms with Crippen LogP contribution in [0.4, 0.5) is 5.82 Å². The smallest absolute Gasteiger partial charge is 0.233 e. The average Bonchev–Trinajstić information content (AvgIpc) is 2.50. The molecule has 0 saturated carbocycles. The average molecular weight is 345 g/mol. The topological polar surface area (TPSA) is 42.0 Å². The molecular weight excluding hydrogens is 328 g/mol. The fourth-order valence-corrected chi connectivity index (χ4v) is 3.07. The van der Waals surface area contributed by atoms with Gasteiger partial charge in [-0.3, -0.25) is 4.79 Å². The molecule has 4 heteroatoms. The first-order chi connectivity index (χ1) is 10.1. The minimum Gasteiger partial charge on any atom is -0.310 e. The zero-order valence-corrected chi connectivity index (χ0v) is 13.5. The van der Waals surface area contributed by atoms with Crippen molar-refractivity contribution in [2.75, 3.05) is 5.32 Å². The number of fused-ring (bicyclic) bond motifs is 1. The number of nitrogens with one attached hydrogen (secondary N) is 1. The van der Waals surface area contributed by atoms with Gasteiger partial charge in [0, 0.05) is 4.47 Å². The van der Waals surface area contributed by atoms with Crippen LogP contribution in [0.5, 0.6) is 0 Å². The van der Waals surface area contributed by atoms with Gasteiger partial charge in [0.1, 0.15) is 5.82 Å². The van der Waals surface area contributed by atoms with Crippen molar-refractivity contribution in [3.05, 3.63) is 57.7 Å². The summed E-state index contributed by atoms with van der Waals surface area (Å²) in [5.41, 5.74) is 3.33. The first kappa shape index (κ1) is 14.3. The number of nitrogens with zero attached hydrogens (tertiary/aromatic N) is 1. The summed E-state index contributed by atoms with van der Waals surface area (Å²) in [6.07, 6.45) is 3.02. The molecule has 3 nitrogen and oxygen atoms in total. The largest absolute Gasteiger partial charge is 0.310 e. The molecule has 21 heavy (non-hydrogen) atoms. The number of halogens is 1. The van der Waals surface area contributed by atoms with E-state index in [9.17, 15) is 4.79 Å². The van der Waals surface area contributed by atoms with E-state index in [1.807, 2.05) is 31.2 Å². The molecule has 1 amide bonds. The summed E-state index contributed by atoms with van der Waals surface area (Å²) in [4.78, 5) is 16.9. The van der Waals surface area contributed by atoms with Gasteiger partial charge in [-0.2, -0.15) is 0 Å². The van der Waals surface area contributed by atoms with Gasteiger partial charge in [-0.15, -0.1) is 0 Å². The number of carbonyl (C=O) groups is 1. The molecule has 1 N–H and O–H groups in total. The third kappa shape index (κ3) is 3.00. The van der Waals surface area contributed by atoms with Crippen LogP contribution >= 0.6 is 15.9 Å². The number of amides is 1. The lowest BCUT2D eigenvalue weighted by atomic mass is 9.82. The third-order valence-corrected chi connectivity index (χ3v) is 4.80. The highest BCUT2D eigenvalue weighted by Crippen LogP contribution is 2.32. The minimum absolute atomic E-state index is 0.0383. The first-order valence-corrected chi connectivity index (χ1v) is 7.96. The van der Waals surface area contributed by atoms with E-state index in [0.717, 1.165) is 35.0 Å². The van der Waals surface area contributed by atoms with E-state index < -0.39 is 0 Å². The number of aromatic nitrogens is 1. The van der Waals surface area contributed by atoms with Gasteiger partial charge >= 0.3 is 0 Å². The van der Waals surface area contributed by atoms with E-state index in [4.69, 9.17) is 0 Å². The summed E-state index contributed by atoms with van der Waals surface area (Å²) >= 11 is 3.42. The maximum atomic E-state index is 12.6. The van der Waals surface area contributed by atoms with E-state index >= 15 is 0 Å². The van der Waals surface area contributed by atoms with Crippen LogP contribution in [0.1, 0.15) is 35.6 Å². The van der Waals surface area contributed by atoms with E-state index in [1.54, 1.807) is 0 Å². The Hall–Kier alpha value is -1.68. The molecule has 1 aliphatic carbocycles. The minimum atomic E-state index is -0.0688. The van der Waals surface area contributed by atoms with Crippen LogP contribution in [0.25, 0.3) is 0 Å². The second kappa shape index (κ2) is 5.98. The Morgan fingerprint density at radius 1 is 1.29 bits per heavy atom. The lowest BCUT2D eigenvalue weighted by Gasteiger charge is -2.24. The van der Waals surface area contributed by atoms with Crippen molar-refractivity contribution in [2.24, 2.45) is 0 Å². The van der Waals surface area contributed by atoms with Gasteiger partial charge in [0.2, 0.25) is 5.91 Å². The Morgan fingerprint density at radius 3 is 2.90 bits per heavy atom. The van der Waals surface area contributed by atoms with Gasteiger partial charge in [-0.05, 0) is 65.4 Å². The molecule has 1 aromatic heterocycles. The Morgan fingerprint density at radius 2 is 2.10 bits per heavy atom. The number of hydrogen-bond donors (Lipinski definition) is 1. The quantitative estimate of drug-likeness (QED) is 0.886. The van der Waals surface area contributed by atoms with E-state index in [2.05, 4.69) is 38.4 Å². The zero-order chi connectivity index (χ0) is 14.8. The summed E-state index contributed by atoms with van der Waals surface area (Å²) in [6.45, 7) is 1.91. The Kier molecular flexibility index (Phi) is 4.06. The van der Waals surface area contributed by atoms with Gasteiger partial charge in [0.15, 0.2) is 0 Å². The summed E-state index contributed by atoms with van der Waals surface area (Å²) < 4.78 is 0.948. The second-order valence-electron chi connectivity index (χ2n) is 5.40. The molecule has 0 fully saturated rings. The summed E-state index contributed by atoms with van der Waals surface area (Å²) in [5.74, 6) is 0.584. The van der Waals surface area contributed by atoms with Crippen molar-refractivity contribution in [1.29, 1.82) is 0 Å². The standard InChI is InChI=1S/C17H17BrN2O/c1-11-15(18)9-10-16(19-11)20-17(21)14-8-4-6-12-5-2-3-7-13(12)14/h2-3,5,7,9-10,14H,4,6,8H2,1H3,(H,19,20,21). The van der Waals surface area contributed by atoms with Crippen LogP contribution in [0.15, 0.2) is 40.9 Å². The summed E-state index contributed by atoms with van der Waals surface area (Å²) in [7, 11) is 0. The number of benzene rings is 1. The molecule has 1 aliphatic rings. The predicted molar refractivity (Wildman–Crippen MR) is 87.4 cm³/mol. The number of aryl methyl sites for hydroxylation is 2. The van der Waals surface area contributed by atoms with Crippen LogP contribution in [-0.4, -0.2) is 10.9 Å². The van der Waals surface area contributed by atoms with Gasteiger partial charge in [-0.25, -0.2) is 4.98 Å². The Balaban J connectivity index is 1.81. The highest BCUT2D eigenvalue weighted by molar-refractivity contribution is 9.10. The molecular formula is C17H17BrN2O. The van der Waals surface area contributed by atoms with Crippen molar-refractivity contribution >= 4 is 27.7 Å². The van der Waals surface area contributed by atoms with Crippen molar-refractivity contribution in [3.63, 3.8) is 0 Å². The predicted octanol–water partition coefficient (Wildman–Crippen LogP) is 4.21. The molecule has 0 spiro atoms. The van der Waals surface area contributed by atoms with Crippen LogP contribution < -0.4 is 5.32 Å². The molecule has 3 rings (SSSR count). The van der Waals surface area contributed by atoms with Crippen LogP contribution in [0, 0.1) is 6.92 Å². The fourth-order valence-electron chi connectivity index (χ4n) is 2.85. The molecule has 1 aromatic carbocycles. The van der Waals surface area contributed by atoms with Crippen LogP contribution in [0.2, 0.25) is 0 Å². The van der Waals surface area contributed by atoms with Crippen LogP contribution in [-0.2, 0) is 11.2 Å². The molecule has 0 radical (unpaired) electrons. The number of anilines is 1. The molecule has 1 unspecified atom stereocenters. The van der Waals surface area contributed by atoms with E-state index in [0.29, 0.717) is 5.82 Å². The Labute approximate surface area is 132 Å². The maximum absolute atomic E-state index is 12.6. The van der Waals surface area contributed by atoms with Crippen molar-refractivity contribution < 1.29 is 4.79 Å².